The Kier molecular flexibility index (Phi) is 6.70. The van der Waals surface area contributed by atoms with Gasteiger partial charge in [-0.3, -0.25) is 9.69 Å². The SMILES string of the molecule is CN1C(=O)/C(=C\c2ccc(OCc3ccccc3)c(OCc3ccccc3)c2)SC1=S. The monoisotopic (exact) mass is 447 g/mol. The second-order valence-corrected chi connectivity index (χ2v) is 8.67. The first-order chi connectivity index (χ1) is 15.1. The number of ether oxygens (including phenoxy) is 2. The van der Waals surface area contributed by atoms with Crippen LogP contribution < -0.4 is 9.47 Å². The molecule has 0 bridgehead atoms. The summed E-state index contributed by atoms with van der Waals surface area (Å²) in [7, 11) is 1.69. The van der Waals surface area contributed by atoms with Crippen LogP contribution in [0.2, 0.25) is 0 Å². The summed E-state index contributed by atoms with van der Waals surface area (Å²) in [6.45, 7) is 0.861. The van der Waals surface area contributed by atoms with Crippen molar-refractivity contribution < 1.29 is 14.3 Å². The predicted molar refractivity (Wildman–Crippen MR) is 129 cm³/mol. The maximum Gasteiger partial charge on any atom is 0.265 e. The number of thiocarbonyl (C=S) groups is 1. The van der Waals surface area contributed by atoms with Crippen LogP contribution in [0.4, 0.5) is 0 Å². The fraction of sp³-hybridized carbons (Fsp3) is 0.120. The summed E-state index contributed by atoms with van der Waals surface area (Å²) in [4.78, 5) is 14.4. The topological polar surface area (TPSA) is 38.8 Å². The number of thioether (sulfide) groups is 1. The zero-order chi connectivity index (χ0) is 21.6. The van der Waals surface area contributed by atoms with Crippen molar-refractivity contribution in [1.29, 1.82) is 0 Å². The van der Waals surface area contributed by atoms with Crippen molar-refractivity contribution in [1.82, 2.24) is 4.90 Å². The van der Waals surface area contributed by atoms with Gasteiger partial charge in [-0.1, -0.05) is 90.7 Å². The molecule has 6 heteroatoms. The van der Waals surface area contributed by atoms with E-state index in [4.69, 9.17) is 21.7 Å². The molecular formula is C25H21NO3S2. The van der Waals surface area contributed by atoms with Gasteiger partial charge in [0.1, 0.15) is 17.5 Å². The van der Waals surface area contributed by atoms with Gasteiger partial charge in [0.25, 0.3) is 5.91 Å². The molecule has 4 nitrogen and oxygen atoms in total. The number of likely N-dealkylation sites (N-methyl/N-ethyl adjacent to an activating group) is 1. The molecule has 0 aliphatic carbocycles. The largest absolute Gasteiger partial charge is 0.485 e. The second kappa shape index (κ2) is 9.81. The molecule has 1 aliphatic heterocycles. The van der Waals surface area contributed by atoms with Crippen LogP contribution >= 0.6 is 24.0 Å². The Balaban J connectivity index is 1.58. The van der Waals surface area contributed by atoms with Crippen LogP contribution in [0, 0.1) is 0 Å². The first-order valence-electron chi connectivity index (χ1n) is 9.79. The lowest BCUT2D eigenvalue weighted by Crippen LogP contribution is -2.22. The predicted octanol–water partition coefficient (Wildman–Crippen LogP) is 5.68. The van der Waals surface area contributed by atoms with E-state index in [-0.39, 0.29) is 5.91 Å². The molecule has 3 aromatic carbocycles. The van der Waals surface area contributed by atoms with Crippen molar-refractivity contribution in [3.8, 4) is 11.5 Å². The third-order valence-corrected chi connectivity index (χ3v) is 6.21. The molecule has 0 atom stereocenters. The minimum absolute atomic E-state index is 0.0915. The molecular weight excluding hydrogens is 426 g/mol. The van der Waals surface area contributed by atoms with E-state index >= 15 is 0 Å². The van der Waals surface area contributed by atoms with Gasteiger partial charge in [0.15, 0.2) is 11.5 Å². The summed E-state index contributed by atoms with van der Waals surface area (Å²) >= 11 is 6.52. The van der Waals surface area contributed by atoms with Crippen LogP contribution in [-0.2, 0) is 18.0 Å². The number of carbonyl (C=O) groups is 1. The number of rotatable bonds is 7. The van der Waals surface area contributed by atoms with Gasteiger partial charge in [-0.05, 0) is 34.9 Å². The summed E-state index contributed by atoms with van der Waals surface area (Å²) in [5.41, 5.74) is 2.99. The van der Waals surface area contributed by atoms with E-state index in [1.54, 1.807) is 7.05 Å². The van der Waals surface area contributed by atoms with Crippen LogP contribution in [0.5, 0.6) is 11.5 Å². The third-order valence-electron chi connectivity index (χ3n) is 4.73. The van der Waals surface area contributed by atoms with Gasteiger partial charge in [-0.25, -0.2) is 0 Å². The highest BCUT2D eigenvalue weighted by molar-refractivity contribution is 8.26. The summed E-state index contributed by atoms with van der Waals surface area (Å²) in [5.74, 6) is 1.19. The molecule has 4 rings (SSSR count). The van der Waals surface area contributed by atoms with Gasteiger partial charge in [-0.2, -0.15) is 0 Å². The van der Waals surface area contributed by atoms with E-state index in [0.29, 0.717) is 33.9 Å². The molecule has 0 unspecified atom stereocenters. The number of nitrogens with zero attached hydrogens (tertiary/aromatic N) is 1. The Labute approximate surface area is 191 Å². The molecule has 0 radical (unpaired) electrons. The molecule has 1 fully saturated rings. The maximum atomic E-state index is 12.3. The van der Waals surface area contributed by atoms with Crippen LogP contribution in [0.15, 0.2) is 83.8 Å². The highest BCUT2D eigenvalue weighted by Gasteiger charge is 2.28. The van der Waals surface area contributed by atoms with Crippen molar-refractivity contribution in [3.05, 3.63) is 100 Å². The van der Waals surface area contributed by atoms with E-state index < -0.39 is 0 Å². The molecule has 1 saturated heterocycles. The molecule has 1 amide bonds. The van der Waals surface area contributed by atoms with Gasteiger partial charge >= 0.3 is 0 Å². The molecule has 0 N–H and O–H groups in total. The van der Waals surface area contributed by atoms with Crippen molar-refractivity contribution in [2.24, 2.45) is 0 Å². The maximum absolute atomic E-state index is 12.3. The number of hydrogen-bond donors (Lipinski definition) is 0. The van der Waals surface area contributed by atoms with Gasteiger partial charge in [-0.15, -0.1) is 0 Å². The average molecular weight is 448 g/mol. The van der Waals surface area contributed by atoms with E-state index in [9.17, 15) is 4.79 Å². The molecule has 156 valence electrons. The number of carbonyl (C=O) groups excluding carboxylic acids is 1. The Morgan fingerprint density at radius 1 is 0.871 bits per heavy atom. The number of amides is 1. The zero-order valence-corrected chi connectivity index (χ0v) is 18.6. The summed E-state index contributed by atoms with van der Waals surface area (Å²) < 4.78 is 12.7. The molecule has 0 spiro atoms. The van der Waals surface area contributed by atoms with Gasteiger partial charge < -0.3 is 9.47 Å². The Hall–Kier alpha value is -3.09. The fourth-order valence-corrected chi connectivity index (χ4v) is 4.19. The lowest BCUT2D eigenvalue weighted by molar-refractivity contribution is -0.121. The molecule has 31 heavy (non-hydrogen) atoms. The quantitative estimate of drug-likeness (QED) is 0.344. The third kappa shape index (κ3) is 5.34. The molecule has 0 aromatic heterocycles. The van der Waals surface area contributed by atoms with Gasteiger partial charge in [0.05, 0.1) is 4.91 Å². The van der Waals surface area contributed by atoms with Crippen LogP contribution in [0.1, 0.15) is 16.7 Å². The van der Waals surface area contributed by atoms with Crippen molar-refractivity contribution in [2.45, 2.75) is 13.2 Å². The highest BCUT2D eigenvalue weighted by Crippen LogP contribution is 2.34. The van der Waals surface area contributed by atoms with E-state index in [1.807, 2.05) is 84.9 Å². The van der Waals surface area contributed by atoms with E-state index in [2.05, 4.69) is 0 Å². The minimum atomic E-state index is -0.0915. The van der Waals surface area contributed by atoms with Crippen LogP contribution in [-0.4, -0.2) is 22.2 Å². The first-order valence-corrected chi connectivity index (χ1v) is 11.0. The standard InChI is InChI=1S/C25H21NO3S2/c1-26-24(27)23(31-25(26)30)15-20-12-13-21(28-16-18-8-4-2-5-9-18)22(14-20)29-17-19-10-6-3-7-11-19/h2-15H,16-17H2,1H3/b23-15+. The average Bonchev–Trinajstić information content (AvgIpc) is 3.04. The molecule has 3 aromatic rings. The van der Waals surface area contributed by atoms with E-state index in [0.717, 1.165) is 16.7 Å². The van der Waals surface area contributed by atoms with Crippen molar-refractivity contribution in [2.75, 3.05) is 7.05 Å². The highest BCUT2D eigenvalue weighted by atomic mass is 32.2. The lowest BCUT2D eigenvalue weighted by Gasteiger charge is -2.14. The Morgan fingerprint density at radius 2 is 1.45 bits per heavy atom. The minimum Gasteiger partial charge on any atom is -0.485 e. The summed E-state index contributed by atoms with van der Waals surface area (Å²) in [6.07, 6.45) is 1.83. The van der Waals surface area contributed by atoms with Crippen molar-refractivity contribution in [3.63, 3.8) is 0 Å². The molecule has 1 heterocycles. The number of hydrogen-bond acceptors (Lipinski definition) is 5. The van der Waals surface area contributed by atoms with Crippen molar-refractivity contribution >= 4 is 40.3 Å². The van der Waals surface area contributed by atoms with Gasteiger partial charge in [0.2, 0.25) is 0 Å². The fourth-order valence-electron chi connectivity index (χ4n) is 3.01. The molecule has 1 aliphatic rings. The lowest BCUT2D eigenvalue weighted by atomic mass is 10.1. The first kappa shape index (κ1) is 21.2. The van der Waals surface area contributed by atoms with Crippen LogP contribution in [0.3, 0.4) is 0 Å². The second-order valence-electron chi connectivity index (χ2n) is 7.00. The Bertz CT molecular complexity index is 1110. The summed E-state index contributed by atoms with van der Waals surface area (Å²) in [6, 6.07) is 25.6. The number of benzene rings is 3. The zero-order valence-electron chi connectivity index (χ0n) is 17.0. The van der Waals surface area contributed by atoms with Gasteiger partial charge in [0, 0.05) is 7.05 Å². The smallest absolute Gasteiger partial charge is 0.265 e. The summed E-state index contributed by atoms with van der Waals surface area (Å²) in [5, 5.41) is 0. The molecule has 0 saturated carbocycles. The normalized spacial score (nSPS) is 14.9. The van der Waals surface area contributed by atoms with Crippen LogP contribution in [0.25, 0.3) is 6.08 Å². The van der Waals surface area contributed by atoms with E-state index in [1.165, 1.54) is 16.7 Å². The Morgan fingerprint density at radius 3 is 2.00 bits per heavy atom.